The zero-order chi connectivity index (χ0) is 13.1. The molecule has 0 radical (unpaired) electrons. The lowest BCUT2D eigenvalue weighted by molar-refractivity contribution is -0.384. The summed E-state index contributed by atoms with van der Waals surface area (Å²) in [6, 6.07) is 6.42. The summed E-state index contributed by atoms with van der Waals surface area (Å²) in [5.74, 6) is 0.791. The Morgan fingerprint density at radius 1 is 1.29 bits per heavy atom. The number of rotatable bonds is 4. The summed E-state index contributed by atoms with van der Waals surface area (Å²) in [6.45, 7) is 8.20. The summed E-state index contributed by atoms with van der Waals surface area (Å²) in [4.78, 5) is 10.1. The third kappa shape index (κ3) is 4.03. The van der Waals surface area contributed by atoms with Gasteiger partial charge in [0.1, 0.15) is 5.76 Å². The van der Waals surface area contributed by atoms with Crippen LogP contribution in [0.4, 0.5) is 5.69 Å². The molecule has 0 spiro atoms. The Labute approximate surface area is 102 Å². The molecule has 1 rings (SSSR count). The summed E-state index contributed by atoms with van der Waals surface area (Å²) in [5.41, 5.74) is 0.970. The highest BCUT2D eigenvalue weighted by atomic mass is 28.4. The fourth-order valence-corrected chi connectivity index (χ4v) is 2.26. The minimum Gasteiger partial charge on any atom is -0.544 e. The summed E-state index contributed by atoms with van der Waals surface area (Å²) < 4.78 is 5.90. The van der Waals surface area contributed by atoms with Gasteiger partial charge in [-0.25, -0.2) is 0 Å². The monoisotopic (exact) mass is 251 g/mol. The van der Waals surface area contributed by atoms with Crippen molar-refractivity contribution in [2.75, 3.05) is 0 Å². The van der Waals surface area contributed by atoms with Gasteiger partial charge in [-0.15, -0.1) is 0 Å². The highest BCUT2D eigenvalue weighted by Gasteiger charge is 2.18. The van der Waals surface area contributed by atoms with Gasteiger partial charge in [0.15, 0.2) is 0 Å². The van der Waals surface area contributed by atoms with Gasteiger partial charge in [0.05, 0.1) is 4.92 Å². The normalized spacial score (nSPS) is 12.4. The van der Waals surface area contributed by atoms with E-state index in [0.29, 0.717) is 0 Å². The van der Waals surface area contributed by atoms with Gasteiger partial charge >= 0.3 is 0 Å². The van der Waals surface area contributed by atoms with Crippen LogP contribution in [-0.4, -0.2) is 13.2 Å². The molecule has 0 heterocycles. The van der Waals surface area contributed by atoms with Gasteiger partial charge in [-0.1, -0.05) is 0 Å². The largest absolute Gasteiger partial charge is 0.544 e. The van der Waals surface area contributed by atoms with Crippen LogP contribution in [-0.2, 0) is 4.43 Å². The van der Waals surface area contributed by atoms with Crippen molar-refractivity contribution in [1.29, 1.82) is 0 Å². The Balaban J connectivity index is 2.95. The van der Waals surface area contributed by atoms with E-state index in [1.54, 1.807) is 12.1 Å². The topological polar surface area (TPSA) is 52.4 Å². The first-order chi connectivity index (χ1) is 7.83. The lowest BCUT2D eigenvalue weighted by Gasteiger charge is -2.21. The van der Waals surface area contributed by atoms with Crippen molar-refractivity contribution >= 4 is 19.8 Å². The summed E-state index contributed by atoms with van der Waals surface area (Å²) in [5, 5.41) is 10.5. The van der Waals surface area contributed by atoms with Crippen LogP contribution in [0.1, 0.15) is 12.5 Å². The van der Waals surface area contributed by atoms with Crippen LogP contribution in [0.2, 0.25) is 19.6 Å². The van der Waals surface area contributed by atoms with Crippen LogP contribution in [0.25, 0.3) is 5.76 Å². The van der Waals surface area contributed by atoms with E-state index in [1.165, 1.54) is 12.1 Å². The molecule has 92 valence electrons. The molecule has 1 aromatic carbocycles. The average Bonchev–Trinajstić information content (AvgIpc) is 2.25. The Hall–Kier alpha value is -1.62. The molecular weight excluding hydrogens is 234 g/mol. The van der Waals surface area contributed by atoms with E-state index in [1.807, 2.05) is 13.0 Å². The summed E-state index contributed by atoms with van der Waals surface area (Å²) in [7, 11) is -1.66. The quantitative estimate of drug-likeness (QED) is 0.354. The Bertz CT molecular complexity index is 432. The maximum absolute atomic E-state index is 10.5. The highest BCUT2D eigenvalue weighted by molar-refractivity contribution is 6.70. The molecule has 0 saturated heterocycles. The van der Waals surface area contributed by atoms with E-state index < -0.39 is 13.2 Å². The first-order valence-corrected chi connectivity index (χ1v) is 8.84. The maximum Gasteiger partial charge on any atom is 0.269 e. The predicted molar refractivity (Wildman–Crippen MR) is 71.2 cm³/mol. The molecule has 0 unspecified atom stereocenters. The van der Waals surface area contributed by atoms with Gasteiger partial charge in [0, 0.05) is 17.7 Å². The molecule has 0 bridgehead atoms. The molecule has 0 atom stereocenters. The first-order valence-electron chi connectivity index (χ1n) is 5.43. The van der Waals surface area contributed by atoms with Gasteiger partial charge in [-0.05, 0) is 44.8 Å². The standard InChI is InChI=1S/C12H17NO3Si/c1-5-12(16-17(2,3)4)10-6-8-11(9-7-10)13(14)15/h5-9H,1-4H3/b12-5-. The van der Waals surface area contributed by atoms with E-state index in [0.717, 1.165) is 11.3 Å². The molecule has 0 aliphatic carbocycles. The van der Waals surface area contributed by atoms with Crippen LogP contribution in [0.15, 0.2) is 30.3 Å². The van der Waals surface area contributed by atoms with Crippen LogP contribution >= 0.6 is 0 Å². The average molecular weight is 251 g/mol. The molecule has 4 nitrogen and oxygen atoms in total. The van der Waals surface area contributed by atoms with E-state index in [2.05, 4.69) is 19.6 Å². The maximum atomic E-state index is 10.5. The smallest absolute Gasteiger partial charge is 0.269 e. The van der Waals surface area contributed by atoms with Crippen LogP contribution in [0.5, 0.6) is 0 Å². The van der Waals surface area contributed by atoms with Crippen molar-refractivity contribution in [3.63, 3.8) is 0 Å². The number of nitro benzene ring substituents is 1. The molecule has 0 aliphatic heterocycles. The molecule has 5 heteroatoms. The Morgan fingerprint density at radius 3 is 2.18 bits per heavy atom. The lowest BCUT2D eigenvalue weighted by atomic mass is 10.1. The first kappa shape index (κ1) is 13.4. The SMILES string of the molecule is C/C=C(\O[Si](C)(C)C)c1ccc([N+](=O)[O-])cc1. The van der Waals surface area contributed by atoms with Crippen molar-refractivity contribution < 1.29 is 9.35 Å². The number of hydrogen-bond donors (Lipinski definition) is 0. The highest BCUT2D eigenvalue weighted by Crippen LogP contribution is 2.23. The third-order valence-corrected chi connectivity index (χ3v) is 2.87. The number of allylic oxidation sites excluding steroid dienone is 1. The molecular formula is C12H17NO3Si. The van der Waals surface area contributed by atoms with Gasteiger partial charge in [0.2, 0.25) is 8.32 Å². The number of benzene rings is 1. The van der Waals surface area contributed by atoms with Crippen LogP contribution in [0, 0.1) is 10.1 Å². The fraction of sp³-hybridized carbons (Fsp3) is 0.333. The van der Waals surface area contributed by atoms with Crippen molar-refractivity contribution in [1.82, 2.24) is 0 Å². The van der Waals surface area contributed by atoms with Crippen molar-refractivity contribution in [2.24, 2.45) is 0 Å². The molecule has 0 saturated carbocycles. The molecule has 17 heavy (non-hydrogen) atoms. The molecule has 0 aromatic heterocycles. The number of hydrogen-bond acceptors (Lipinski definition) is 3. The zero-order valence-corrected chi connectivity index (χ0v) is 11.6. The number of nitrogens with zero attached hydrogens (tertiary/aromatic N) is 1. The second kappa shape index (κ2) is 5.14. The second-order valence-corrected chi connectivity index (χ2v) is 9.10. The molecule has 0 N–H and O–H groups in total. The van der Waals surface area contributed by atoms with Gasteiger partial charge < -0.3 is 4.43 Å². The Kier molecular flexibility index (Phi) is 4.06. The number of non-ortho nitro benzene ring substituents is 1. The molecule has 0 amide bonds. The molecule has 0 fully saturated rings. The van der Waals surface area contributed by atoms with E-state index in [-0.39, 0.29) is 5.69 Å². The van der Waals surface area contributed by atoms with Crippen molar-refractivity contribution in [3.05, 3.63) is 46.0 Å². The number of nitro groups is 1. The van der Waals surface area contributed by atoms with Gasteiger partial charge in [0.25, 0.3) is 5.69 Å². The molecule has 0 aliphatic rings. The van der Waals surface area contributed by atoms with E-state index in [4.69, 9.17) is 4.43 Å². The summed E-state index contributed by atoms with van der Waals surface area (Å²) in [6.07, 6.45) is 1.89. The minimum atomic E-state index is -1.66. The van der Waals surface area contributed by atoms with Crippen molar-refractivity contribution in [2.45, 2.75) is 26.6 Å². The fourth-order valence-electron chi connectivity index (χ4n) is 1.36. The van der Waals surface area contributed by atoms with Crippen LogP contribution in [0.3, 0.4) is 0 Å². The predicted octanol–water partition coefficient (Wildman–Crippen LogP) is 3.81. The summed E-state index contributed by atoms with van der Waals surface area (Å²) >= 11 is 0. The lowest BCUT2D eigenvalue weighted by Crippen LogP contribution is -2.24. The van der Waals surface area contributed by atoms with E-state index >= 15 is 0 Å². The minimum absolute atomic E-state index is 0.0946. The Morgan fingerprint density at radius 2 is 1.82 bits per heavy atom. The van der Waals surface area contributed by atoms with E-state index in [9.17, 15) is 10.1 Å². The zero-order valence-electron chi connectivity index (χ0n) is 10.6. The van der Waals surface area contributed by atoms with Gasteiger partial charge in [-0.2, -0.15) is 0 Å². The third-order valence-electron chi connectivity index (χ3n) is 2.04. The molecule has 1 aromatic rings. The van der Waals surface area contributed by atoms with Crippen LogP contribution < -0.4 is 0 Å². The second-order valence-electron chi connectivity index (χ2n) is 4.67. The van der Waals surface area contributed by atoms with Gasteiger partial charge in [-0.3, -0.25) is 10.1 Å². The van der Waals surface area contributed by atoms with Crippen molar-refractivity contribution in [3.8, 4) is 0 Å².